The van der Waals surface area contributed by atoms with Gasteiger partial charge in [-0.15, -0.1) is 0 Å². The van der Waals surface area contributed by atoms with Crippen LogP contribution in [0.1, 0.15) is 40.3 Å². The van der Waals surface area contributed by atoms with Crippen LogP contribution >= 0.6 is 0 Å². The summed E-state index contributed by atoms with van der Waals surface area (Å²) in [5.41, 5.74) is 2.33. The van der Waals surface area contributed by atoms with E-state index in [1.54, 1.807) is 36.1 Å². The number of anilines is 1. The van der Waals surface area contributed by atoms with Gasteiger partial charge in [0, 0.05) is 40.7 Å². The minimum Gasteiger partial charge on any atom is -0.450 e. The number of rotatable bonds is 7. The molecule has 1 aromatic heterocycles. The molecular weight excluding hydrogens is 432 g/mol. The van der Waals surface area contributed by atoms with E-state index >= 15 is 0 Å². The van der Waals surface area contributed by atoms with Gasteiger partial charge in [0.25, 0.3) is 11.8 Å². The Morgan fingerprint density at radius 2 is 1.62 bits per heavy atom. The Morgan fingerprint density at radius 3 is 2.32 bits per heavy atom. The summed E-state index contributed by atoms with van der Waals surface area (Å²) in [7, 11) is 0. The number of esters is 1. The first-order valence-electron chi connectivity index (χ1n) is 11.2. The summed E-state index contributed by atoms with van der Waals surface area (Å²) < 4.78 is 11.1. The summed E-state index contributed by atoms with van der Waals surface area (Å²) >= 11 is 0. The highest BCUT2D eigenvalue weighted by atomic mass is 16.5. The van der Waals surface area contributed by atoms with Crippen molar-refractivity contribution in [1.82, 2.24) is 4.90 Å². The van der Waals surface area contributed by atoms with Gasteiger partial charge in [0.05, 0.1) is 0 Å². The molecule has 34 heavy (non-hydrogen) atoms. The van der Waals surface area contributed by atoms with Crippen molar-refractivity contribution < 1.29 is 23.5 Å². The molecule has 0 atom stereocenters. The molecule has 1 N–H and O–H groups in total. The molecule has 7 nitrogen and oxygen atoms in total. The topological polar surface area (TPSA) is 88.9 Å². The van der Waals surface area contributed by atoms with Crippen molar-refractivity contribution in [2.45, 2.75) is 20.8 Å². The second-order valence-electron chi connectivity index (χ2n) is 7.90. The number of amides is 2. The van der Waals surface area contributed by atoms with Gasteiger partial charge in [-0.3, -0.25) is 9.59 Å². The molecule has 3 aromatic carbocycles. The highest BCUT2D eigenvalue weighted by Gasteiger charge is 2.21. The third kappa shape index (κ3) is 4.50. The minimum absolute atomic E-state index is 0.0641. The molecule has 0 aliphatic carbocycles. The van der Waals surface area contributed by atoms with Crippen LogP contribution in [0.4, 0.5) is 5.69 Å². The molecule has 4 aromatic rings. The second kappa shape index (κ2) is 9.79. The van der Waals surface area contributed by atoms with Crippen LogP contribution < -0.4 is 5.32 Å². The van der Waals surface area contributed by atoms with Crippen molar-refractivity contribution in [3.63, 3.8) is 0 Å². The van der Waals surface area contributed by atoms with E-state index in [1.165, 1.54) is 0 Å². The maximum atomic E-state index is 12.6. The molecule has 0 unspecified atom stereocenters. The van der Waals surface area contributed by atoms with E-state index in [0.29, 0.717) is 35.5 Å². The van der Waals surface area contributed by atoms with Crippen LogP contribution in [0.15, 0.2) is 65.1 Å². The smallest absolute Gasteiger partial charge is 0.375 e. The number of hydrogen-bond donors (Lipinski definition) is 1. The van der Waals surface area contributed by atoms with E-state index < -0.39 is 18.5 Å². The minimum atomic E-state index is -0.701. The van der Waals surface area contributed by atoms with E-state index in [4.69, 9.17) is 9.15 Å². The van der Waals surface area contributed by atoms with Crippen molar-refractivity contribution in [3.8, 4) is 0 Å². The lowest BCUT2D eigenvalue weighted by Crippen LogP contribution is -2.30. The molecule has 4 rings (SSSR count). The summed E-state index contributed by atoms with van der Waals surface area (Å²) in [5, 5.41) is 5.41. The SMILES string of the molecule is CCN(CC)C(=O)c1ccc(NC(=O)COC(=O)c2oc3c(ccc4ccccc43)c2C)cc1. The number of carbonyl (C=O) groups is 3. The van der Waals surface area contributed by atoms with Crippen LogP contribution in [-0.2, 0) is 9.53 Å². The van der Waals surface area contributed by atoms with Crippen molar-refractivity contribution in [2.75, 3.05) is 25.0 Å². The predicted molar refractivity (Wildman–Crippen MR) is 131 cm³/mol. The molecule has 0 spiro atoms. The Labute approximate surface area is 197 Å². The predicted octanol–water partition coefficient (Wildman–Crippen LogP) is 5.17. The lowest BCUT2D eigenvalue weighted by Gasteiger charge is -2.18. The van der Waals surface area contributed by atoms with Gasteiger partial charge in [0.15, 0.2) is 6.61 Å². The van der Waals surface area contributed by atoms with Crippen LogP contribution in [0.25, 0.3) is 21.7 Å². The molecular formula is C27H26N2O5. The number of aryl methyl sites for hydroxylation is 1. The van der Waals surface area contributed by atoms with Crippen molar-refractivity contribution in [3.05, 3.63) is 77.6 Å². The third-order valence-corrected chi connectivity index (χ3v) is 5.81. The fourth-order valence-corrected chi connectivity index (χ4v) is 3.93. The largest absolute Gasteiger partial charge is 0.450 e. The lowest BCUT2D eigenvalue weighted by molar-refractivity contribution is -0.119. The van der Waals surface area contributed by atoms with Gasteiger partial charge in [0.2, 0.25) is 5.76 Å². The number of nitrogens with one attached hydrogen (secondary N) is 1. The zero-order chi connectivity index (χ0) is 24.2. The van der Waals surface area contributed by atoms with E-state index in [0.717, 1.165) is 16.2 Å². The highest BCUT2D eigenvalue weighted by molar-refractivity contribution is 6.08. The Bertz CT molecular complexity index is 1370. The molecule has 0 saturated heterocycles. The third-order valence-electron chi connectivity index (χ3n) is 5.81. The zero-order valence-electron chi connectivity index (χ0n) is 19.4. The van der Waals surface area contributed by atoms with Gasteiger partial charge >= 0.3 is 5.97 Å². The van der Waals surface area contributed by atoms with E-state index in [9.17, 15) is 14.4 Å². The molecule has 0 radical (unpaired) electrons. The average molecular weight is 459 g/mol. The molecule has 0 fully saturated rings. The molecule has 2 amide bonds. The van der Waals surface area contributed by atoms with Crippen LogP contribution in [0.3, 0.4) is 0 Å². The van der Waals surface area contributed by atoms with Crippen LogP contribution in [0, 0.1) is 6.92 Å². The number of carbonyl (C=O) groups excluding carboxylic acids is 3. The van der Waals surface area contributed by atoms with Gasteiger partial charge < -0.3 is 19.4 Å². The number of furan rings is 1. The molecule has 174 valence electrons. The molecule has 0 aliphatic rings. The first kappa shape index (κ1) is 23.0. The van der Waals surface area contributed by atoms with Crippen molar-refractivity contribution in [1.29, 1.82) is 0 Å². The van der Waals surface area contributed by atoms with Gasteiger partial charge in [-0.25, -0.2) is 4.79 Å². The summed E-state index contributed by atoms with van der Waals surface area (Å²) in [6.07, 6.45) is 0. The zero-order valence-corrected chi connectivity index (χ0v) is 19.4. The monoisotopic (exact) mass is 458 g/mol. The quantitative estimate of drug-likeness (QED) is 0.386. The normalized spacial score (nSPS) is 10.9. The Hall–Kier alpha value is -4.13. The van der Waals surface area contributed by atoms with Gasteiger partial charge in [0.1, 0.15) is 5.58 Å². The van der Waals surface area contributed by atoms with Crippen molar-refractivity contribution in [2.24, 2.45) is 0 Å². The van der Waals surface area contributed by atoms with E-state index in [2.05, 4.69) is 5.32 Å². The standard InChI is InChI=1S/C27H26N2O5/c1-4-29(5-2)26(31)19-10-13-20(14-11-19)28-23(30)16-33-27(32)24-17(3)21-15-12-18-8-6-7-9-22(18)25(21)34-24/h6-15H,4-5,16H2,1-3H3,(H,28,30). The van der Waals surface area contributed by atoms with Gasteiger partial charge in [-0.05, 0) is 50.4 Å². The molecule has 7 heteroatoms. The van der Waals surface area contributed by atoms with Crippen LogP contribution in [0.5, 0.6) is 0 Å². The maximum Gasteiger partial charge on any atom is 0.375 e. The van der Waals surface area contributed by atoms with Crippen LogP contribution in [-0.4, -0.2) is 42.4 Å². The van der Waals surface area contributed by atoms with Crippen molar-refractivity contribution >= 4 is 45.2 Å². The summed E-state index contributed by atoms with van der Waals surface area (Å²) in [6, 6.07) is 18.2. The number of nitrogens with zero attached hydrogens (tertiary/aromatic N) is 1. The fourth-order valence-electron chi connectivity index (χ4n) is 3.93. The number of hydrogen-bond acceptors (Lipinski definition) is 5. The Balaban J connectivity index is 1.40. The molecule has 0 bridgehead atoms. The van der Waals surface area contributed by atoms with E-state index in [-0.39, 0.29) is 11.7 Å². The Morgan fingerprint density at radius 1 is 0.912 bits per heavy atom. The Kier molecular flexibility index (Phi) is 6.63. The van der Waals surface area contributed by atoms with Gasteiger partial charge in [-0.1, -0.05) is 36.4 Å². The lowest BCUT2D eigenvalue weighted by atomic mass is 10.1. The highest BCUT2D eigenvalue weighted by Crippen LogP contribution is 2.32. The average Bonchev–Trinajstić information content (AvgIpc) is 3.20. The van der Waals surface area contributed by atoms with Crippen LogP contribution in [0.2, 0.25) is 0 Å². The van der Waals surface area contributed by atoms with E-state index in [1.807, 2.05) is 50.2 Å². The molecule has 0 aliphatic heterocycles. The first-order chi connectivity index (χ1) is 16.4. The maximum absolute atomic E-state index is 12.6. The molecule has 1 heterocycles. The van der Waals surface area contributed by atoms with Gasteiger partial charge in [-0.2, -0.15) is 0 Å². The number of fused-ring (bicyclic) bond motifs is 3. The first-order valence-corrected chi connectivity index (χ1v) is 11.2. The fraction of sp³-hybridized carbons (Fsp3) is 0.222. The summed E-state index contributed by atoms with van der Waals surface area (Å²) in [5.74, 6) is -1.17. The number of ether oxygens (including phenoxy) is 1. The second-order valence-corrected chi connectivity index (χ2v) is 7.90. The summed E-state index contributed by atoms with van der Waals surface area (Å²) in [4.78, 5) is 39.0. The molecule has 0 saturated carbocycles. The summed E-state index contributed by atoms with van der Waals surface area (Å²) in [6.45, 7) is 6.42. The number of benzene rings is 3.